The van der Waals surface area contributed by atoms with Crippen molar-refractivity contribution >= 4 is 12.2 Å². The van der Waals surface area contributed by atoms with Gasteiger partial charge in [-0.2, -0.15) is 0 Å². The fraction of sp³-hybridized carbons (Fsp3) is 0.900. The van der Waals surface area contributed by atoms with E-state index in [1.54, 1.807) is 0 Å². The molecule has 0 saturated carbocycles. The fourth-order valence-corrected chi connectivity index (χ4v) is 2.84. The minimum Gasteiger partial charge on any atom is -0.356 e. The third-order valence-corrected chi connectivity index (χ3v) is 4.47. The first-order chi connectivity index (χ1) is 11.7. The van der Waals surface area contributed by atoms with Gasteiger partial charge in [-0.3, -0.25) is 4.79 Å². The molecule has 0 fully saturated rings. The monoisotopic (exact) mass is 340 g/mol. The lowest BCUT2D eigenvalue weighted by atomic mass is 10.1. The number of nitrogens with one attached hydrogen (secondary N) is 1. The number of hydrogen-bond acceptors (Lipinski definition) is 3. The average Bonchev–Trinajstić information content (AvgIpc) is 2.59. The molecule has 0 radical (unpaired) electrons. The van der Waals surface area contributed by atoms with E-state index in [1.165, 1.54) is 57.8 Å². The zero-order valence-corrected chi connectivity index (χ0v) is 15.9. The van der Waals surface area contributed by atoms with E-state index >= 15 is 0 Å². The van der Waals surface area contributed by atoms with Crippen LogP contribution in [0.5, 0.6) is 0 Å². The number of rotatable bonds is 18. The van der Waals surface area contributed by atoms with Crippen molar-refractivity contribution in [2.45, 2.75) is 109 Å². The van der Waals surface area contributed by atoms with Crippen LogP contribution in [-0.4, -0.2) is 24.8 Å². The summed E-state index contributed by atoms with van der Waals surface area (Å²) < 4.78 is 0. The zero-order valence-electron chi connectivity index (χ0n) is 15.9. The number of carbonyl (C=O) groups excluding carboxylic acids is 2. The molecule has 4 heteroatoms. The molecule has 0 rings (SSSR count). The Kier molecular flexibility index (Phi) is 17.7. The van der Waals surface area contributed by atoms with Gasteiger partial charge < -0.3 is 15.8 Å². The Morgan fingerprint density at radius 2 is 1.42 bits per heavy atom. The largest absolute Gasteiger partial charge is 0.356 e. The number of hydrogen-bond donors (Lipinski definition) is 2. The molecule has 0 spiro atoms. The summed E-state index contributed by atoms with van der Waals surface area (Å²) in [5.74, 6) is 0.158. The summed E-state index contributed by atoms with van der Waals surface area (Å²) in [6.07, 6.45) is 18.3. The molecule has 0 bridgehead atoms. The molecule has 4 nitrogen and oxygen atoms in total. The van der Waals surface area contributed by atoms with E-state index in [0.29, 0.717) is 19.4 Å². The van der Waals surface area contributed by atoms with Crippen molar-refractivity contribution < 1.29 is 9.59 Å². The second-order valence-electron chi connectivity index (χ2n) is 6.93. The Morgan fingerprint density at radius 1 is 0.875 bits per heavy atom. The van der Waals surface area contributed by atoms with Crippen LogP contribution in [0.2, 0.25) is 0 Å². The Bertz CT molecular complexity index is 295. The zero-order chi connectivity index (χ0) is 17.9. The molecular formula is C20H40N2O2. The van der Waals surface area contributed by atoms with E-state index in [9.17, 15) is 9.59 Å². The number of amides is 1. The predicted molar refractivity (Wildman–Crippen MR) is 102 cm³/mol. The maximum atomic E-state index is 11.7. The number of aldehydes is 1. The SMILES string of the molecule is CCCCCCCCCCCCCC(=O)NCCCC[C@H](N)C=O. The molecule has 0 aliphatic rings. The lowest BCUT2D eigenvalue weighted by molar-refractivity contribution is -0.121. The molecule has 0 aliphatic carbocycles. The quantitative estimate of drug-likeness (QED) is 0.285. The summed E-state index contributed by atoms with van der Waals surface area (Å²) in [6, 6.07) is -0.350. The Labute approximate surface area is 149 Å². The maximum Gasteiger partial charge on any atom is 0.219 e. The summed E-state index contributed by atoms with van der Waals surface area (Å²) in [7, 11) is 0. The van der Waals surface area contributed by atoms with Crippen LogP contribution in [0.3, 0.4) is 0 Å². The Morgan fingerprint density at radius 3 is 1.96 bits per heavy atom. The second kappa shape index (κ2) is 18.4. The van der Waals surface area contributed by atoms with Crippen LogP contribution in [0.1, 0.15) is 103 Å². The van der Waals surface area contributed by atoms with Crippen LogP contribution in [0.15, 0.2) is 0 Å². The molecule has 0 aromatic heterocycles. The van der Waals surface area contributed by atoms with Gasteiger partial charge in [0.05, 0.1) is 6.04 Å². The first-order valence-corrected chi connectivity index (χ1v) is 10.2. The van der Waals surface area contributed by atoms with Gasteiger partial charge in [-0.25, -0.2) is 0 Å². The summed E-state index contributed by atoms with van der Waals surface area (Å²) in [5.41, 5.74) is 5.51. The van der Waals surface area contributed by atoms with Crippen LogP contribution in [-0.2, 0) is 9.59 Å². The van der Waals surface area contributed by atoms with Gasteiger partial charge in [-0.1, -0.05) is 71.1 Å². The van der Waals surface area contributed by atoms with E-state index in [0.717, 1.165) is 32.0 Å². The topological polar surface area (TPSA) is 72.2 Å². The van der Waals surface area contributed by atoms with Gasteiger partial charge >= 0.3 is 0 Å². The third-order valence-electron chi connectivity index (χ3n) is 4.47. The highest BCUT2D eigenvalue weighted by molar-refractivity contribution is 5.75. The molecule has 1 amide bonds. The van der Waals surface area contributed by atoms with Crippen LogP contribution in [0.25, 0.3) is 0 Å². The van der Waals surface area contributed by atoms with Crippen LogP contribution in [0.4, 0.5) is 0 Å². The second-order valence-corrected chi connectivity index (χ2v) is 6.93. The van der Waals surface area contributed by atoms with Crippen molar-refractivity contribution in [2.24, 2.45) is 5.73 Å². The van der Waals surface area contributed by atoms with Crippen molar-refractivity contribution in [3.8, 4) is 0 Å². The number of nitrogens with two attached hydrogens (primary N) is 1. The van der Waals surface area contributed by atoms with Gasteiger partial charge in [0, 0.05) is 13.0 Å². The van der Waals surface area contributed by atoms with Crippen molar-refractivity contribution in [3.05, 3.63) is 0 Å². The van der Waals surface area contributed by atoms with Crippen LogP contribution < -0.4 is 11.1 Å². The molecule has 24 heavy (non-hydrogen) atoms. The Hall–Kier alpha value is -0.900. The van der Waals surface area contributed by atoms with Gasteiger partial charge in [0.1, 0.15) is 6.29 Å². The summed E-state index contributed by atoms with van der Waals surface area (Å²) >= 11 is 0. The highest BCUT2D eigenvalue weighted by Crippen LogP contribution is 2.11. The number of unbranched alkanes of at least 4 members (excludes halogenated alkanes) is 11. The first kappa shape index (κ1) is 23.1. The Balaban J connectivity index is 3.19. The van der Waals surface area contributed by atoms with Crippen molar-refractivity contribution in [2.75, 3.05) is 6.54 Å². The molecule has 0 aromatic carbocycles. The van der Waals surface area contributed by atoms with Crippen molar-refractivity contribution in [1.82, 2.24) is 5.32 Å². The minimum atomic E-state index is -0.350. The van der Waals surface area contributed by atoms with E-state index in [-0.39, 0.29) is 11.9 Å². The van der Waals surface area contributed by atoms with Gasteiger partial charge in [-0.05, 0) is 25.7 Å². The van der Waals surface area contributed by atoms with Crippen LogP contribution in [0, 0.1) is 0 Å². The normalized spacial score (nSPS) is 12.1. The summed E-state index contributed by atoms with van der Waals surface area (Å²) in [6.45, 7) is 2.95. The standard InChI is InChI=1S/C20H40N2O2/c1-2-3-4-5-6-7-8-9-10-11-12-16-20(24)22-17-14-13-15-19(21)18-23/h18-19H,2-17,21H2,1H3,(H,22,24)/t19-/m0/s1. The summed E-state index contributed by atoms with van der Waals surface area (Å²) in [4.78, 5) is 22.0. The lowest BCUT2D eigenvalue weighted by Crippen LogP contribution is -2.25. The van der Waals surface area contributed by atoms with Gasteiger partial charge in [0.2, 0.25) is 5.91 Å². The third kappa shape index (κ3) is 17.5. The molecule has 0 aromatic rings. The smallest absolute Gasteiger partial charge is 0.219 e. The van der Waals surface area contributed by atoms with Gasteiger partial charge in [0.15, 0.2) is 0 Å². The minimum absolute atomic E-state index is 0.158. The molecule has 0 heterocycles. The van der Waals surface area contributed by atoms with Crippen LogP contribution >= 0.6 is 0 Å². The van der Waals surface area contributed by atoms with Gasteiger partial charge in [0.25, 0.3) is 0 Å². The molecule has 1 atom stereocenters. The molecule has 0 aliphatic heterocycles. The molecule has 142 valence electrons. The molecule has 0 unspecified atom stereocenters. The first-order valence-electron chi connectivity index (χ1n) is 10.2. The molecular weight excluding hydrogens is 300 g/mol. The highest BCUT2D eigenvalue weighted by atomic mass is 16.1. The molecule has 3 N–H and O–H groups in total. The van der Waals surface area contributed by atoms with E-state index in [1.807, 2.05) is 0 Å². The van der Waals surface area contributed by atoms with Crippen molar-refractivity contribution in [3.63, 3.8) is 0 Å². The lowest BCUT2D eigenvalue weighted by Gasteiger charge is -2.06. The number of carbonyl (C=O) groups is 2. The van der Waals surface area contributed by atoms with E-state index < -0.39 is 0 Å². The molecule has 0 saturated heterocycles. The van der Waals surface area contributed by atoms with Crippen molar-refractivity contribution in [1.29, 1.82) is 0 Å². The van der Waals surface area contributed by atoms with Gasteiger partial charge in [-0.15, -0.1) is 0 Å². The predicted octanol–water partition coefficient (Wildman–Crippen LogP) is 4.50. The maximum absolute atomic E-state index is 11.7. The highest BCUT2D eigenvalue weighted by Gasteiger charge is 2.02. The van der Waals surface area contributed by atoms with E-state index in [2.05, 4.69) is 12.2 Å². The summed E-state index contributed by atoms with van der Waals surface area (Å²) in [5, 5.41) is 2.94. The fourth-order valence-electron chi connectivity index (χ4n) is 2.84. The average molecular weight is 341 g/mol. The van der Waals surface area contributed by atoms with E-state index in [4.69, 9.17) is 5.73 Å².